The third kappa shape index (κ3) is 5.77. The molecule has 0 aliphatic carbocycles. The minimum absolute atomic E-state index is 0.142. The summed E-state index contributed by atoms with van der Waals surface area (Å²) in [7, 11) is -3.93. The number of hydrogen-bond donors (Lipinski definition) is 1. The van der Waals surface area contributed by atoms with E-state index in [4.69, 9.17) is 0 Å². The van der Waals surface area contributed by atoms with E-state index in [9.17, 15) is 22.0 Å². The van der Waals surface area contributed by atoms with Crippen molar-refractivity contribution in [3.8, 4) is 0 Å². The predicted octanol–water partition coefficient (Wildman–Crippen LogP) is 4.16. The molecular weight excluding hydrogens is 448 g/mol. The van der Waals surface area contributed by atoms with Gasteiger partial charge in [-0.15, -0.1) is 0 Å². The van der Waals surface area contributed by atoms with E-state index in [-0.39, 0.29) is 42.3 Å². The maximum absolute atomic E-state index is 13.5. The van der Waals surface area contributed by atoms with E-state index < -0.39 is 21.7 Å². The van der Waals surface area contributed by atoms with Crippen LogP contribution >= 0.6 is 0 Å². The lowest BCUT2D eigenvalue weighted by Gasteiger charge is -2.33. The Morgan fingerprint density at radius 3 is 2.03 bits per heavy atom. The molecule has 0 aromatic heterocycles. The van der Waals surface area contributed by atoms with Crippen molar-refractivity contribution in [1.82, 2.24) is 9.21 Å². The van der Waals surface area contributed by atoms with E-state index in [1.54, 1.807) is 0 Å². The molecule has 0 spiro atoms. The van der Waals surface area contributed by atoms with Crippen molar-refractivity contribution in [3.63, 3.8) is 0 Å². The fourth-order valence-electron chi connectivity index (χ4n) is 3.99. The van der Waals surface area contributed by atoms with Crippen molar-refractivity contribution >= 4 is 21.6 Å². The van der Waals surface area contributed by atoms with Gasteiger partial charge in [0.15, 0.2) is 11.6 Å². The minimum Gasteiger partial charge on any atom is -0.324 e. The monoisotopic (exact) mass is 479 g/mol. The molecule has 1 heterocycles. The number of amides is 1. The number of nitrogens with one attached hydrogen (secondary N) is 1. The zero-order valence-corrected chi connectivity index (χ0v) is 20.3. The van der Waals surface area contributed by atoms with Crippen LogP contribution in [-0.4, -0.2) is 56.3 Å². The Morgan fingerprint density at radius 1 is 0.939 bits per heavy atom. The third-order valence-electron chi connectivity index (χ3n) is 5.86. The van der Waals surface area contributed by atoms with Gasteiger partial charge >= 0.3 is 0 Å². The molecule has 33 heavy (non-hydrogen) atoms. The molecule has 0 atom stereocenters. The molecule has 1 aliphatic rings. The first-order valence-electron chi connectivity index (χ1n) is 11.1. The summed E-state index contributed by atoms with van der Waals surface area (Å²) in [6.45, 7) is 9.53. The average Bonchev–Trinajstić information content (AvgIpc) is 2.75. The highest BCUT2D eigenvalue weighted by Crippen LogP contribution is 2.32. The number of rotatable bonds is 7. The van der Waals surface area contributed by atoms with E-state index in [1.165, 1.54) is 4.31 Å². The fourth-order valence-corrected chi connectivity index (χ4v) is 5.43. The molecule has 1 N–H and O–H groups in total. The molecule has 2 aromatic carbocycles. The molecular formula is C24H31F2N3O3S. The second kappa shape index (κ2) is 10.3. The number of piperazine rings is 1. The number of para-hydroxylation sites is 1. The van der Waals surface area contributed by atoms with E-state index in [2.05, 4.69) is 33.0 Å². The van der Waals surface area contributed by atoms with Crippen LogP contribution in [0.15, 0.2) is 41.3 Å². The highest BCUT2D eigenvalue weighted by molar-refractivity contribution is 7.89. The predicted molar refractivity (Wildman–Crippen MR) is 125 cm³/mol. The zero-order chi connectivity index (χ0) is 24.3. The molecule has 0 unspecified atom stereocenters. The van der Waals surface area contributed by atoms with Gasteiger partial charge in [0.25, 0.3) is 0 Å². The van der Waals surface area contributed by atoms with Gasteiger partial charge in [-0.2, -0.15) is 4.31 Å². The maximum Gasteiger partial charge on any atom is 0.243 e. The summed E-state index contributed by atoms with van der Waals surface area (Å²) >= 11 is 0. The Morgan fingerprint density at radius 2 is 1.52 bits per heavy atom. The van der Waals surface area contributed by atoms with Gasteiger partial charge in [0.2, 0.25) is 15.9 Å². The van der Waals surface area contributed by atoms with Crippen molar-refractivity contribution in [2.45, 2.75) is 44.4 Å². The molecule has 1 saturated heterocycles. The van der Waals surface area contributed by atoms with Gasteiger partial charge < -0.3 is 5.32 Å². The fraction of sp³-hybridized carbons (Fsp3) is 0.458. The normalized spacial score (nSPS) is 15.9. The van der Waals surface area contributed by atoms with Gasteiger partial charge in [0, 0.05) is 31.9 Å². The Bertz CT molecular complexity index is 1090. The lowest BCUT2D eigenvalue weighted by molar-refractivity contribution is -0.117. The van der Waals surface area contributed by atoms with E-state index >= 15 is 0 Å². The van der Waals surface area contributed by atoms with Crippen LogP contribution in [0.3, 0.4) is 0 Å². The summed E-state index contributed by atoms with van der Waals surface area (Å²) in [6.07, 6.45) is 0. The summed E-state index contributed by atoms with van der Waals surface area (Å²) in [4.78, 5) is 14.4. The number of anilines is 1. The number of benzene rings is 2. The van der Waals surface area contributed by atoms with E-state index in [0.717, 1.165) is 28.9 Å². The lowest BCUT2D eigenvalue weighted by atomic mass is 9.92. The smallest absolute Gasteiger partial charge is 0.243 e. The van der Waals surface area contributed by atoms with Gasteiger partial charge in [0.05, 0.1) is 11.4 Å². The number of carbonyl (C=O) groups is 1. The van der Waals surface area contributed by atoms with Gasteiger partial charge in [-0.05, 0) is 41.2 Å². The molecule has 0 radical (unpaired) electrons. The highest BCUT2D eigenvalue weighted by Gasteiger charge is 2.30. The van der Waals surface area contributed by atoms with Crippen molar-refractivity contribution < 1.29 is 22.0 Å². The van der Waals surface area contributed by atoms with Gasteiger partial charge in [0.1, 0.15) is 0 Å². The maximum atomic E-state index is 13.5. The van der Waals surface area contributed by atoms with Gasteiger partial charge in [-0.3, -0.25) is 9.69 Å². The summed E-state index contributed by atoms with van der Waals surface area (Å²) in [5, 5.41) is 3.08. The van der Waals surface area contributed by atoms with Crippen molar-refractivity contribution in [3.05, 3.63) is 59.2 Å². The Labute approximate surface area is 194 Å². The second-order valence-electron chi connectivity index (χ2n) is 8.93. The van der Waals surface area contributed by atoms with Gasteiger partial charge in [-0.25, -0.2) is 17.2 Å². The van der Waals surface area contributed by atoms with Crippen LogP contribution in [0.5, 0.6) is 0 Å². The molecule has 180 valence electrons. The number of sulfonamides is 1. The summed E-state index contributed by atoms with van der Waals surface area (Å²) in [6, 6.07) is 8.62. The molecule has 9 heteroatoms. The molecule has 0 bridgehead atoms. The SMILES string of the molecule is CC(C)c1cccc(C(C)C)c1NC(=O)CN1CCN(S(=O)(=O)c2ccc(F)c(F)c2)CC1. The molecule has 1 fully saturated rings. The van der Waals surface area contributed by atoms with Crippen molar-refractivity contribution in [2.75, 3.05) is 38.0 Å². The summed E-state index contributed by atoms with van der Waals surface area (Å²) in [5.41, 5.74) is 3.01. The standard InChI is InChI=1S/C24H31F2N3O3S/c1-16(2)19-6-5-7-20(17(3)4)24(19)27-23(30)15-28-10-12-29(13-11-28)33(31,32)18-8-9-21(25)22(26)14-18/h5-9,14,16-17H,10-13,15H2,1-4H3,(H,27,30). The number of hydrogen-bond acceptors (Lipinski definition) is 4. The molecule has 6 nitrogen and oxygen atoms in total. The summed E-state index contributed by atoms with van der Waals surface area (Å²) < 4.78 is 53.4. The number of halogens is 2. The molecule has 1 aliphatic heterocycles. The van der Waals surface area contributed by atoms with Crippen LogP contribution in [-0.2, 0) is 14.8 Å². The van der Waals surface area contributed by atoms with Crippen LogP contribution in [0.4, 0.5) is 14.5 Å². The lowest BCUT2D eigenvalue weighted by Crippen LogP contribution is -2.50. The first-order chi connectivity index (χ1) is 15.5. The van der Waals surface area contributed by atoms with E-state index in [1.807, 2.05) is 23.1 Å². The zero-order valence-electron chi connectivity index (χ0n) is 19.4. The highest BCUT2D eigenvalue weighted by atomic mass is 32.2. The largest absolute Gasteiger partial charge is 0.324 e. The van der Waals surface area contributed by atoms with Gasteiger partial charge in [-0.1, -0.05) is 45.9 Å². The van der Waals surface area contributed by atoms with Crippen LogP contribution in [0.25, 0.3) is 0 Å². The van der Waals surface area contributed by atoms with Crippen LogP contribution < -0.4 is 5.32 Å². The molecule has 0 saturated carbocycles. The second-order valence-corrected chi connectivity index (χ2v) is 10.9. The van der Waals surface area contributed by atoms with Crippen molar-refractivity contribution in [2.24, 2.45) is 0 Å². The first kappa shape index (κ1) is 25.3. The Hall–Kier alpha value is -2.36. The quantitative estimate of drug-likeness (QED) is 0.648. The van der Waals surface area contributed by atoms with Crippen LogP contribution in [0.2, 0.25) is 0 Å². The van der Waals surface area contributed by atoms with Crippen LogP contribution in [0.1, 0.15) is 50.7 Å². The molecule has 3 rings (SSSR count). The Kier molecular flexibility index (Phi) is 7.87. The average molecular weight is 480 g/mol. The molecule has 2 aromatic rings. The number of nitrogens with zero attached hydrogens (tertiary/aromatic N) is 2. The first-order valence-corrected chi connectivity index (χ1v) is 12.5. The minimum atomic E-state index is -3.93. The number of carbonyl (C=O) groups excluding carboxylic acids is 1. The van der Waals surface area contributed by atoms with E-state index in [0.29, 0.717) is 19.2 Å². The third-order valence-corrected chi connectivity index (χ3v) is 7.76. The topological polar surface area (TPSA) is 69.7 Å². The molecule has 1 amide bonds. The summed E-state index contributed by atoms with van der Waals surface area (Å²) in [5.74, 6) is -1.94. The van der Waals surface area contributed by atoms with Crippen molar-refractivity contribution in [1.29, 1.82) is 0 Å². The van der Waals surface area contributed by atoms with Crippen LogP contribution in [0, 0.1) is 11.6 Å². The Balaban J connectivity index is 1.64.